The van der Waals surface area contributed by atoms with Gasteiger partial charge >= 0.3 is 0 Å². The van der Waals surface area contributed by atoms with E-state index in [4.69, 9.17) is 0 Å². The zero-order valence-corrected chi connectivity index (χ0v) is 17.9. The second-order valence-corrected chi connectivity index (χ2v) is 5.92. The van der Waals surface area contributed by atoms with Crippen LogP contribution in [0.2, 0.25) is 0 Å². The second kappa shape index (κ2) is 16.3. The fraction of sp³-hybridized carbons (Fsp3) is 0.882. The number of guanidine groups is 1. The van der Waals surface area contributed by atoms with Crippen molar-refractivity contribution in [3.63, 3.8) is 0 Å². The highest BCUT2D eigenvalue weighted by molar-refractivity contribution is 14.0. The second-order valence-electron chi connectivity index (χ2n) is 5.92. The number of rotatable bonds is 11. The van der Waals surface area contributed by atoms with Crippen LogP contribution in [0.4, 0.5) is 0 Å². The van der Waals surface area contributed by atoms with Crippen molar-refractivity contribution in [3.05, 3.63) is 0 Å². The predicted molar refractivity (Wildman–Crippen MR) is 111 cm³/mol. The van der Waals surface area contributed by atoms with Gasteiger partial charge in [0.2, 0.25) is 5.91 Å². The van der Waals surface area contributed by atoms with Crippen LogP contribution in [-0.2, 0) is 4.79 Å². The molecule has 6 heteroatoms. The van der Waals surface area contributed by atoms with Gasteiger partial charge < -0.3 is 16.0 Å². The molecule has 0 fully saturated rings. The Morgan fingerprint density at radius 1 is 1.13 bits per heavy atom. The van der Waals surface area contributed by atoms with E-state index in [1.54, 1.807) is 7.05 Å². The third-order valence-electron chi connectivity index (χ3n) is 3.99. The summed E-state index contributed by atoms with van der Waals surface area (Å²) in [5.41, 5.74) is 0. The highest BCUT2D eigenvalue weighted by Gasteiger charge is 2.08. The zero-order valence-electron chi connectivity index (χ0n) is 15.6. The van der Waals surface area contributed by atoms with Gasteiger partial charge in [0, 0.05) is 32.6 Å². The topological polar surface area (TPSA) is 65.5 Å². The lowest BCUT2D eigenvalue weighted by Crippen LogP contribution is -2.41. The van der Waals surface area contributed by atoms with Gasteiger partial charge in [-0.25, -0.2) is 0 Å². The van der Waals surface area contributed by atoms with Crippen molar-refractivity contribution in [1.29, 1.82) is 0 Å². The summed E-state index contributed by atoms with van der Waals surface area (Å²) in [6.07, 6.45) is 6.39. The van der Waals surface area contributed by atoms with E-state index in [9.17, 15) is 4.79 Å². The van der Waals surface area contributed by atoms with Crippen molar-refractivity contribution in [2.24, 2.45) is 10.9 Å². The first-order valence-corrected chi connectivity index (χ1v) is 8.81. The molecular formula is C17H37IN4O. The molecule has 0 aliphatic carbocycles. The maximum atomic E-state index is 11.7. The third kappa shape index (κ3) is 13.6. The Hall–Kier alpha value is -0.530. The summed E-state index contributed by atoms with van der Waals surface area (Å²) in [6.45, 7) is 10.1. The lowest BCUT2D eigenvalue weighted by atomic mass is 9.99. The summed E-state index contributed by atoms with van der Waals surface area (Å²) in [7, 11) is 1.77. The first kappa shape index (κ1) is 24.7. The minimum Gasteiger partial charge on any atom is -0.356 e. The van der Waals surface area contributed by atoms with Crippen molar-refractivity contribution in [3.8, 4) is 0 Å². The lowest BCUT2D eigenvalue weighted by Gasteiger charge is -2.18. The van der Waals surface area contributed by atoms with Crippen LogP contribution in [0.15, 0.2) is 4.99 Å². The van der Waals surface area contributed by atoms with Crippen LogP contribution < -0.4 is 16.0 Å². The molecule has 0 rings (SSSR count). The largest absolute Gasteiger partial charge is 0.356 e. The van der Waals surface area contributed by atoms with Crippen LogP contribution in [0.5, 0.6) is 0 Å². The number of unbranched alkanes of at least 4 members (excludes halogenated alkanes) is 1. The Labute approximate surface area is 159 Å². The van der Waals surface area contributed by atoms with Gasteiger partial charge in [-0.05, 0) is 25.7 Å². The molecule has 0 heterocycles. The van der Waals surface area contributed by atoms with Gasteiger partial charge in [0.25, 0.3) is 0 Å². The average molecular weight is 440 g/mol. The summed E-state index contributed by atoms with van der Waals surface area (Å²) in [4.78, 5) is 15.9. The Balaban J connectivity index is 0. The van der Waals surface area contributed by atoms with E-state index in [1.807, 2.05) is 6.92 Å². The predicted octanol–water partition coefficient (Wildman–Crippen LogP) is 3.29. The van der Waals surface area contributed by atoms with Crippen molar-refractivity contribution >= 4 is 35.8 Å². The van der Waals surface area contributed by atoms with E-state index in [2.05, 4.69) is 41.7 Å². The molecule has 0 saturated carbocycles. The lowest BCUT2D eigenvalue weighted by molar-refractivity contribution is -0.121. The fourth-order valence-corrected chi connectivity index (χ4v) is 2.15. The number of nitrogens with one attached hydrogen (secondary N) is 3. The molecule has 3 N–H and O–H groups in total. The third-order valence-corrected chi connectivity index (χ3v) is 3.99. The Kier molecular flexibility index (Phi) is 17.6. The molecule has 0 aromatic rings. The first-order valence-electron chi connectivity index (χ1n) is 8.81. The molecule has 0 aromatic heterocycles. The Morgan fingerprint density at radius 3 is 2.35 bits per heavy atom. The van der Waals surface area contributed by atoms with E-state index in [0.717, 1.165) is 18.9 Å². The number of aliphatic imine (C=N–C) groups is 1. The van der Waals surface area contributed by atoms with Gasteiger partial charge in [0.15, 0.2) is 5.96 Å². The maximum absolute atomic E-state index is 11.7. The van der Waals surface area contributed by atoms with Crippen molar-refractivity contribution in [2.45, 2.75) is 72.3 Å². The van der Waals surface area contributed by atoms with Gasteiger partial charge in [0.1, 0.15) is 0 Å². The number of carbonyl (C=O) groups is 1. The minimum atomic E-state index is 0. The molecule has 5 nitrogen and oxygen atoms in total. The van der Waals surface area contributed by atoms with Crippen LogP contribution in [0.3, 0.4) is 0 Å². The van der Waals surface area contributed by atoms with Gasteiger partial charge in [-0.2, -0.15) is 0 Å². The van der Waals surface area contributed by atoms with Gasteiger partial charge in [-0.15, -0.1) is 24.0 Å². The molecule has 0 aliphatic heterocycles. The average Bonchev–Trinajstić information content (AvgIpc) is 2.52. The molecule has 0 saturated heterocycles. The molecule has 2 unspecified atom stereocenters. The molecule has 2 atom stereocenters. The molecule has 0 aliphatic rings. The maximum Gasteiger partial charge on any atom is 0.221 e. The van der Waals surface area contributed by atoms with E-state index >= 15 is 0 Å². The summed E-state index contributed by atoms with van der Waals surface area (Å²) in [5.74, 6) is 1.56. The number of hydrogen-bond acceptors (Lipinski definition) is 2. The Morgan fingerprint density at radius 2 is 1.83 bits per heavy atom. The Bertz CT molecular complexity index is 324. The normalized spacial score (nSPS) is 13.7. The van der Waals surface area contributed by atoms with Gasteiger partial charge in [0.05, 0.1) is 0 Å². The minimum absolute atomic E-state index is 0. The van der Waals surface area contributed by atoms with Crippen LogP contribution >= 0.6 is 24.0 Å². The molecular weight excluding hydrogens is 403 g/mol. The summed E-state index contributed by atoms with van der Waals surface area (Å²) in [5, 5.41) is 9.53. The fourth-order valence-electron chi connectivity index (χ4n) is 2.15. The summed E-state index contributed by atoms with van der Waals surface area (Å²) >= 11 is 0. The number of amides is 1. The monoisotopic (exact) mass is 440 g/mol. The van der Waals surface area contributed by atoms with E-state index in [0.29, 0.717) is 18.9 Å². The SMILES string of the molecule is CCCCC(CC)CNC(=NC)NCCC(=O)NC(C)CC.I. The smallest absolute Gasteiger partial charge is 0.221 e. The number of halogens is 1. The standard InChI is InChI=1S/C17H36N4O.HI/c1-6-9-10-15(8-3)13-20-17(18-5)19-12-11-16(22)21-14(4)7-2;/h14-15H,6-13H2,1-5H3,(H,21,22)(H2,18,19,20);1H. The van der Waals surface area contributed by atoms with E-state index in [-0.39, 0.29) is 35.9 Å². The number of nitrogens with zero attached hydrogens (tertiary/aromatic N) is 1. The van der Waals surface area contributed by atoms with Crippen molar-refractivity contribution in [1.82, 2.24) is 16.0 Å². The molecule has 0 radical (unpaired) electrons. The van der Waals surface area contributed by atoms with Crippen LogP contribution in [0, 0.1) is 5.92 Å². The molecule has 1 amide bonds. The molecule has 0 bridgehead atoms. The molecule has 23 heavy (non-hydrogen) atoms. The van der Waals surface area contributed by atoms with Gasteiger partial charge in [-0.3, -0.25) is 9.79 Å². The van der Waals surface area contributed by atoms with Crippen LogP contribution in [0.25, 0.3) is 0 Å². The zero-order chi connectivity index (χ0) is 16.8. The van der Waals surface area contributed by atoms with E-state index < -0.39 is 0 Å². The van der Waals surface area contributed by atoms with Gasteiger partial charge in [-0.1, -0.05) is 40.0 Å². The number of carbonyl (C=O) groups excluding carboxylic acids is 1. The summed E-state index contributed by atoms with van der Waals surface area (Å²) < 4.78 is 0. The quantitative estimate of drug-likeness (QED) is 0.263. The van der Waals surface area contributed by atoms with Crippen LogP contribution in [0.1, 0.15) is 66.2 Å². The summed E-state index contributed by atoms with van der Waals surface area (Å²) in [6, 6.07) is 0.244. The molecule has 0 aromatic carbocycles. The van der Waals surface area contributed by atoms with Crippen molar-refractivity contribution in [2.75, 3.05) is 20.1 Å². The first-order chi connectivity index (χ1) is 10.6. The number of hydrogen-bond donors (Lipinski definition) is 3. The highest BCUT2D eigenvalue weighted by atomic mass is 127. The highest BCUT2D eigenvalue weighted by Crippen LogP contribution is 2.10. The molecule has 0 spiro atoms. The van der Waals surface area contributed by atoms with Crippen LogP contribution in [-0.4, -0.2) is 38.0 Å². The molecule has 138 valence electrons. The van der Waals surface area contributed by atoms with Crippen molar-refractivity contribution < 1.29 is 4.79 Å². The van der Waals surface area contributed by atoms with E-state index in [1.165, 1.54) is 25.7 Å².